The molecular formula is C30H30N4O5. The van der Waals surface area contributed by atoms with E-state index in [1.54, 1.807) is 11.0 Å². The summed E-state index contributed by atoms with van der Waals surface area (Å²) in [5.41, 5.74) is 4.99. The van der Waals surface area contributed by atoms with Crippen LogP contribution in [0.1, 0.15) is 43.2 Å². The van der Waals surface area contributed by atoms with Gasteiger partial charge in [-0.15, -0.1) is 0 Å². The Morgan fingerprint density at radius 2 is 1.82 bits per heavy atom. The molecule has 39 heavy (non-hydrogen) atoms. The number of benzene rings is 2. The van der Waals surface area contributed by atoms with Crippen molar-refractivity contribution in [3.63, 3.8) is 0 Å². The molecule has 9 heteroatoms. The van der Waals surface area contributed by atoms with E-state index in [0.717, 1.165) is 22.4 Å². The van der Waals surface area contributed by atoms with Gasteiger partial charge in [-0.25, -0.2) is 9.78 Å². The Labute approximate surface area is 226 Å². The minimum Gasteiger partial charge on any atom is -0.444 e. The molecule has 0 radical (unpaired) electrons. The molecule has 3 aromatic rings. The number of hydrogen-bond acceptors (Lipinski definition) is 6. The molecule has 2 fully saturated rings. The van der Waals surface area contributed by atoms with Crippen LogP contribution in [-0.4, -0.2) is 55.7 Å². The van der Waals surface area contributed by atoms with Gasteiger partial charge in [0.2, 0.25) is 0 Å². The van der Waals surface area contributed by atoms with Gasteiger partial charge in [0.05, 0.1) is 18.9 Å². The van der Waals surface area contributed by atoms with E-state index in [1.165, 1.54) is 13.1 Å². The second kappa shape index (κ2) is 10.5. The predicted molar refractivity (Wildman–Crippen MR) is 144 cm³/mol. The van der Waals surface area contributed by atoms with E-state index in [2.05, 4.69) is 15.6 Å². The number of pyridine rings is 1. The summed E-state index contributed by atoms with van der Waals surface area (Å²) in [4.78, 5) is 44.7. The first kappa shape index (κ1) is 25.1. The SMILES string of the molecule is CNC(=O)c1cc(C(=O)N[C@H]2[C@@H]3COC[C@@H]32)cc(Cc2cccc3c2CCN3C(=O)OCc2ccccc2)n1. The first-order valence-corrected chi connectivity index (χ1v) is 13.2. The number of nitrogens with zero attached hydrogens (tertiary/aromatic N) is 2. The highest BCUT2D eigenvalue weighted by Gasteiger charge is 2.54. The molecule has 9 nitrogen and oxygen atoms in total. The predicted octanol–water partition coefficient (Wildman–Crippen LogP) is 3.11. The van der Waals surface area contributed by atoms with Gasteiger partial charge in [0, 0.05) is 49.1 Å². The fourth-order valence-electron chi connectivity index (χ4n) is 5.60. The Hall–Kier alpha value is -4.24. The van der Waals surface area contributed by atoms with Gasteiger partial charge in [0.25, 0.3) is 11.8 Å². The molecule has 2 aliphatic heterocycles. The summed E-state index contributed by atoms with van der Waals surface area (Å²) in [7, 11) is 1.54. The highest BCUT2D eigenvalue weighted by atomic mass is 16.6. The molecule has 200 valence electrons. The van der Waals surface area contributed by atoms with Gasteiger partial charge in [-0.1, -0.05) is 42.5 Å². The third kappa shape index (κ3) is 5.09. The molecule has 0 bridgehead atoms. The highest BCUT2D eigenvalue weighted by molar-refractivity contribution is 5.99. The molecule has 3 aliphatic rings. The Morgan fingerprint density at radius 1 is 1.03 bits per heavy atom. The van der Waals surface area contributed by atoms with E-state index in [4.69, 9.17) is 9.47 Å². The molecule has 2 N–H and O–H groups in total. The lowest BCUT2D eigenvalue weighted by Crippen LogP contribution is -2.30. The maximum atomic E-state index is 13.1. The van der Waals surface area contributed by atoms with Crippen molar-refractivity contribution >= 4 is 23.6 Å². The van der Waals surface area contributed by atoms with Crippen LogP contribution in [0.25, 0.3) is 0 Å². The summed E-state index contributed by atoms with van der Waals surface area (Å²) in [5.74, 6) is 0.188. The van der Waals surface area contributed by atoms with E-state index < -0.39 is 0 Å². The number of carbonyl (C=O) groups excluding carboxylic acids is 3. The molecule has 3 amide bonds. The third-order valence-electron chi connectivity index (χ3n) is 7.77. The molecule has 1 saturated heterocycles. The maximum absolute atomic E-state index is 13.1. The number of fused-ring (bicyclic) bond motifs is 2. The minimum atomic E-state index is -0.385. The number of nitrogens with one attached hydrogen (secondary N) is 2. The molecular weight excluding hydrogens is 496 g/mol. The Balaban J connectivity index is 1.20. The average molecular weight is 527 g/mol. The lowest BCUT2D eigenvalue weighted by atomic mass is 9.99. The van der Waals surface area contributed by atoms with Crippen molar-refractivity contribution in [1.29, 1.82) is 0 Å². The van der Waals surface area contributed by atoms with Gasteiger partial charge in [-0.3, -0.25) is 14.5 Å². The van der Waals surface area contributed by atoms with Crippen LogP contribution < -0.4 is 15.5 Å². The maximum Gasteiger partial charge on any atom is 0.414 e. The fraction of sp³-hybridized carbons (Fsp3) is 0.333. The number of ether oxygens (including phenoxy) is 2. The smallest absolute Gasteiger partial charge is 0.414 e. The number of rotatable bonds is 7. The van der Waals surface area contributed by atoms with Gasteiger partial charge in [-0.05, 0) is 41.3 Å². The summed E-state index contributed by atoms with van der Waals surface area (Å²) >= 11 is 0. The van der Waals surface area contributed by atoms with Crippen molar-refractivity contribution in [1.82, 2.24) is 15.6 Å². The second-order valence-corrected chi connectivity index (χ2v) is 10.2. The zero-order chi connectivity index (χ0) is 26.9. The molecule has 1 aliphatic carbocycles. The quantitative estimate of drug-likeness (QED) is 0.490. The van der Waals surface area contributed by atoms with Crippen LogP contribution in [0.15, 0.2) is 60.7 Å². The van der Waals surface area contributed by atoms with Crippen molar-refractivity contribution in [3.8, 4) is 0 Å². The summed E-state index contributed by atoms with van der Waals surface area (Å²) in [6.07, 6.45) is 0.716. The van der Waals surface area contributed by atoms with Crippen LogP contribution in [0.4, 0.5) is 10.5 Å². The number of aromatic nitrogens is 1. The lowest BCUT2D eigenvalue weighted by Gasteiger charge is -2.18. The zero-order valence-electron chi connectivity index (χ0n) is 21.7. The van der Waals surface area contributed by atoms with Crippen molar-refractivity contribution in [2.24, 2.45) is 11.8 Å². The first-order valence-electron chi connectivity index (χ1n) is 13.2. The molecule has 0 spiro atoms. The Morgan fingerprint density at radius 3 is 2.59 bits per heavy atom. The topological polar surface area (TPSA) is 110 Å². The van der Waals surface area contributed by atoms with Crippen molar-refractivity contribution in [3.05, 3.63) is 94.3 Å². The molecule has 6 rings (SSSR count). The summed E-state index contributed by atoms with van der Waals surface area (Å²) < 4.78 is 11.0. The Bertz CT molecular complexity index is 1420. The number of hydrogen-bond donors (Lipinski definition) is 2. The number of carbonyl (C=O) groups is 3. The van der Waals surface area contributed by atoms with Crippen LogP contribution in [0.5, 0.6) is 0 Å². The average Bonchev–Trinajstić information content (AvgIpc) is 3.31. The standard InChI is InChI=1S/C30H30N4O5/c1-31-29(36)25-14-20(28(35)33-27-23-16-38-17-24(23)27)13-21(32-25)12-19-8-5-9-26-22(19)10-11-34(26)30(37)39-15-18-6-3-2-4-7-18/h2-9,13-14,23-24,27H,10-12,15-17H2,1H3,(H,31,36)(H,33,35)/t23-,24+,27+. The van der Waals surface area contributed by atoms with E-state index in [-0.39, 0.29) is 36.3 Å². The first-order chi connectivity index (χ1) is 19.0. The number of amides is 3. The second-order valence-electron chi connectivity index (χ2n) is 10.2. The highest BCUT2D eigenvalue weighted by Crippen LogP contribution is 2.44. The Kier molecular flexibility index (Phi) is 6.74. The van der Waals surface area contributed by atoms with Gasteiger partial charge in [0.15, 0.2) is 0 Å². The summed E-state index contributed by atoms with van der Waals surface area (Å²) in [6.45, 7) is 2.08. The lowest BCUT2D eigenvalue weighted by molar-refractivity contribution is 0.0928. The molecule has 1 saturated carbocycles. The van der Waals surface area contributed by atoms with Gasteiger partial charge < -0.3 is 20.1 Å². The third-order valence-corrected chi connectivity index (χ3v) is 7.77. The van der Waals surface area contributed by atoms with Gasteiger partial charge >= 0.3 is 6.09 Å². The monoisotopic (exact) mass is 526 g/mol. The zero-order valence-corrected chi connectivity index (χ0v) is 21.7. The van der Waals surface area contributed by atoms with Crippen LogP contribution in [0.2, 0.25) is 0 Å². The van der Waals surface area contributed by atoms with Crippen molar-refractivity contribution in [2.45, 2.75) is 25.5 Å². The van der Waals surface area contributed by atoms with E-state index in [9.17, 15) is 14.4 Å². The van der Waals surface area contributed by atoms with Crippen LogP contribution >= 0.6 is 0 Å². The van der Waals surface area contributed by atoms with Crippen LogP contribution in [0, 0.1) is 11.8 Å². The van der Waals surface area contributed by atoms with Crippen molar-refractivity contribution in [2.75, 3.05) is 31.7 Å². The summed E-state index contributed by atoms with van der Waals surface area (Å²) in [6, 6.07) is 18.8. The fourth-order valence-corrected chi connectivity index (χ4v) is 5.60. The van der Waals surface area contributed by atoms with E-state index in [1.807, 2.05) is 48.5 Å². The summed E-state index contributed by atoms with van der Waals surface area (Å²) in [5, 5.41) is 5.69. The van der Waals surface area contributed by atoms with Crippen LogP contribution in [0.3, 0.4) is 0 Å². The normalized spacial score (nSPS) is 20.6. The van der Waals surface area contributed by atoms with Gasteiger partial charge in [0.1, 0.15) is 12.3 Å². The van der Waals surface area contributed by atoms with Crippen LogP contribution in [-0.2, 0) is 28.9 Å². The molecule has 1 aromatic heterocycles. The largest absolute Gasteiger partial charge is 0.444 e. The molecule has 0 unspecified atom stereocenters. The van der Waals surface area contributed by atoms with Gasteiger partial charge in [-0.2, -0.15) is 0 Å². The molecule has 3 heterocycles. The minimum absolute atomic E-state index is 0.122. The van der Waals surface area contributed by atoms with Crippen molar-refractivity contribution < 1.29 is 23.9 Å². The molecule has 3 atom stereocenters. The molecule has 2 aromatic carbocycles. The number of anilines is 1. The van der Waals surface area contributed by atoms with E-state index >= 15 is 0 Å². The van der Waals surface area contributed by atoms with E-state index in [0.29, 0.717) is 55.7 Å².